The molecule has 1 amide bonds. The minimum Gasteiger partial charge on any atom is -0.370 e. The number of rotatable bonds is 4. The molecule has 70 valence electrons. The van der Waals surface area contributed by atoms with Crippen LogP contribution in [0.1, 0.15) is 23.8 Å². The minimum atomic E-state index is -0.500. The molecule has 3 N–H and O–H groups in total. The lowest BCUT2D eigenvalue weighted by Gasteiger charge is -2.03. The Labute approximate surface area is 77.2 Å². The van der Waals surface area contributed by atoms with Gasteiger partial charge >= 0.3 is 0 Å². The second-order valence-electron chi connectivity index (χ2n) is 2.70. The Kier molecular flexibility index (Phi) is 3.25. The van der Waals surface area contributed by atoms with E-state index in [1.165, 1.54) is 0 Å². The van der Waals surface area contributed by atoms with Crippen LogP contribution in [0.4, 0.5) is 5.82 Å². The van der Waals surface area contributed by atoms with Gasteiger partial charge in [-0.1, -0.05) is 13.0 Å². The lowest BCUT2D eigenvalue weighted by molar-refractivity contribution is 0.0995. The molecule has 0 unspecified atom stereocenters. The van der Waals surface area contributed by atoms with Crippen molar-refractivity contribution in [1.82, 2.24) is 4.98 Å². The fourth-order valence-electron chi connectivity index (χ4n) is 0.923. The number of anilines is 1. The predicted molar refractivity (Wildman–Crippen MR) is 51.5 cm³/mol. The van der Waals surface area contributed by atoms with E-state index >= 15 is 0 Å². The van der Waals surface area contributed by atoms with Crippen molar-refractivity contribution in [2.75, 3.05) is 11.9 Å². The van der Waals surface area contributed by atoms with Gasteiger partial charge in [-0.2, -0.15) is 0 Å². The Morgan fingerprint density at radius 1 is 1.62 bits per heavy atom. The molecule has 0 saturated carbocycles. The molecule has 0 spiro atoms. The molecule has 0 bridgehead atoms. The van der Waals surface area contributed by atoms with E-state index in [0.29, 0.717) is 11.5 Å². The summed E-state index contributed by atoms with van der Waals surface area (Å²) in [7, 11) is 0. The zero-order valence-electron chi connectivity index (χ0n) is 7.58. The average molecular weight is 179 g/mol. The fraction of sp³-hybridized carbons (Fsp3) is 0.333. The number of amides is 1. The van der Waals surface area contributed by atoms with Crippen LogP contribution in [0.3, 0.4) is 0 Å². The van der Waals surface area contributed by atoms with E-state index in [2.05, 4.69) is 17.2 Å². The summed E-state index contributed by atoms with van der Waals surface area (Å²) in [4.78, 5) is 14.8. The van der Waals surface area contributed by atoms with Gasteiger partial charge in [-0.3, -0.25) is 4.79 Å². The highest BCUT2D eigenvalue weighted by Gasteiger charge is 2.01. The normalized spacial score (nSPS) is 9.62. The van der Waals surface area contributed by atoms with E-state index in [1.807, 2.05) is 6.07 Å². The number of aromatic nitrogens is 1. The first-order valence-corrected chi connectivity index (χ1v) is 4.24. The van der Waals surface area contributed by atoms with Crippen molar-refractivity contribution < 1.29 is 4.79 Å². The summed E-state index contributed by atoms with van der Waals surface area (Å²) < 4.78 is 0. The summed E-state index contributed by atoms with van der Waals surface area (Å²) in [5.41, 5.74) is 5.37. The Morgan fingerprint density at radius 3 is 3.00 bits per heavy atom. The molecule has 4 heteroatoms. The quantitative estimate of drug-likeness (QED) is 0.724. The van der Waals surface area contributed by atoms with Crippen LogP contribution in [0.15, 0.2) is 18.2 Å². The van der Waals surface area contributed by atoms with Crippen LogP contribution in [0.25, 0.3) is 0 Å². The van der Waals surface area contributed by atoms with E-state index in [1.54, 1.807) is 12.1 Å². The largest absolute Gasteiger partial charge is 0.370 e. The number of nitrogens with one attached hydrogen (secondary N) is 1. The third-order valence-electron chi connectivity index (χ3n) is 1.56. The number of hydrogen-bond donors (Lipinski definition) is 2. The SMILES string of the molecule is CCCNc1cccc(C(N)=O)n1. The van der Waals surface area contributed by atoms with E-state index in [4.69, 9.17) is 5.73 Å². The van der Waals surface area contributed by atoms with Crippen molar-refractivity contribution in [1.29, 1.82) is 0 Å². The third kappa shape index (κ3) is 2.74. The monoisotopic (exact) mass is 179 g/mol. The first kappa shape index (κ1) is 9.51. The van der Waals surface area contributed by atoms with Crippen LogP contribution in [0, 0.1) is 0 Å². The van der Waals surface area contributed by atoms with Crippen LogP contribution in [-0.4, -0.2) is 17.4 Å². The van der Waals surface area contributed by atoms with Crippen molar-refractivity contribution in [3.63, 3.8) is 0 Å². The summed E-state index contributed by atoms with van der Waals surface area (Å²) in [5.74, 6) is 0.193. The Balaban J connectivity index is 2.73. The number of carbonyl (C=O) groups is 1. The summed E-state index contributed by atoms with van der Waals surface area (Å²) in [6.07, 6.45) is 1.02. The Bertz CT molecular complexity index is 299. The topological polar surface area (TPSA) is 68.0 Å². The minimum absolute atomic E-state index is 0.293. The standard InChI is InChI=1S/C9H13N3O/c1-2-6-11-8-5-3-4-7(12-8)9(10)13/h3-5H,2,6H2,1H3,(H2,10,13)(H,11,12). The third-order valence-corrected chi connectivity index (χ3v) is 1.56. The van der Waals surface area contributed by atoms with E-state index < -0.39 is 5.91 Å². The number of nitrogens with two attached hydrogens (primary N) is 1. The first-order valence-electron chi connectivity index (χ1n) is 4.24. The van der Waals surface area contributed by atoms with Crippen LogP contribution >= 0.6 is 0 Å². The number of pyridine rings is 1. The van der Waals surface area contributed by atoms with Crippen molar-refractivity contribution in [2.24, 2.45) is 5.73 Å². The van der Waals surface area contributed by atoms with E-state index in [9.17, 15) is 4.79 Å². The highest BCUT2D eigenvalue weighted by atomic mass is 16.1. The number of primary amides is 1. The first-order chi connectivity index (χ1) is 6.24. The number of carbonyl (C=O) groups excluding carboxylic acids is 1. The molecule has 0 radical (unpaired) electrons. The van der Waals surface area contributed by atoms with Crippen LogP contribution in [0.2, 0.25) is 0 Å². The predicted octanol–water partition coefficient (Wildman–Crippen LogP) is 1.00. The van der Waals surface area contributed by atoms with Gasteiger partial charge in [0, 0.05) is 6.54 Å². The maximum atomic E-state index is 10.8. The average Bonchev–Trinajstić information content (AvgIpc) is 2.15. The maximum Gasteiger partial charge on any atom is 0.267 e. The molecular weight excluding hydrogens is 166 g/mol. The van der Waals surface area contributed by atoms with Crippen molar-refractivity contribution in [2.45, 2.75) is 13.3 Å². The molecule has 1 rings (SSSR count). The molecule has 1 aromatic heterocycles. The lowest BCUT2D eigenvalue weighted by atomic mass is 10.3. The summed E-state index contributed by atoms with van der Waals surface area (Å²) >= 11 is 0. The molecule has 0 aromatic carbocycles. The van der Waals surface area contributed by atoms with Gasteiger partial charge in [0.2, 0.25) is 0 Å². The van der Waals surface area contributed by atoms with Gasteiger partial charge in [0.05, 0.1) is 0 Å². The molecule has 13 heavy (non-hydrogen) atoms. The highest BCUT2D eigenvalue weighted by molar-refractivity contribution is 5.91. The van der Waals surface area contributed by atoms with E-state index in [0.717, 1.165) is 13.0 Å². The van der Waals surface area contributed by atoms with E-state index in [-0.39, 0.29) is 0 Å². The molecule has 0 fully saturated rings. The molecule has 4 nitrogen and oxygen atoms in total. The van der Waals surface area contributed by atoms with Gasteiger partial charge in [-0.15, -0.1) is 0 Å². The van der Waals surface area contributed by atoms with Crippen molar-refractivity contribution in [3.8, 4) is 0 Å². The van der Waals surface area contributed by atoms with Gasteiger partial charge in [0.15, 0.2) is 0 Å². The molecule has 0 aliphatic carbocycles. The smallest absolute Gasteiger partial charge is 0.267 e. The molecule has 0 aliphatic rings. The number of nitrogens with zero attached hydrogens (tertiary/aromatic N) is 1. The molecule has 1 aromatic rings. The second kappa shape index (κ2) is 4.45. The maximum absolute atomic E-state index is 10.8. The second-order valence-corrected chi connectivity index (χ2v) is 2.70. The van der Waals surface area contributed by atoms with Crippen molar-refractivity contribution in [3.05, 3.63) is 23.9 Å². The summed E-state index contributed by atoms with van der Waals surface area (Å²) in [6.45, 7) is 2.90. The summed E-state index contributed by atoms with van der Waals surface area (Å²) in [6, 6.07) is 5.16. The van der Waals surface area contributed by atoms with Gasteiger partial charge in [0.1, 0.15) is 11.5 Å². The highest BCUT2D eigenvalue weighted by Crippen LogP contribution is 2.03. The molecule has 0 saturated heterocycles. The van der Waals surface area contributed by atoms with Crippen LogP contribution in [0.5, 0.6) is 0 Å². The Hall–Kier alpha value is -1.58. The van der Waals surface area contributed by atoms with Gasteiger partial charge < -0.3 is 11.1 Å². The number of hydrogen-bond acceptors (Lipinski definition) is 3. The summed E-state index contributed by atoms with van der Waals surface area (Å²) in [5, 5.41) is 3.07. The van der Waals surface area contributed by atoms with Crippen LogP contribution in [-0.2, 0) is 0 Å². The van der Waals surface area contributed by atoms with Crippen LogP contribution < -0.4 is 11.1 Å². The van der Waals surface area contributed by atoms with Gasteiger partial charge in [-0.05, 0) is 18.6 Å². The molecule has 1 heterocycles. The van der Waals surface area contributed by atoms with Crippen molar-refractivity contribution >= 4 is 11.7 Å². The lowest BCUT2D eigenvalue weighted by Crippen LogP contribution is -2.14. The van der Waals surface area contributed by atoms with Gasteiger partial charge in [0.25, 0.3) is 5.91 Å². The Morgan fingerprint density at radius 2 is 2.38 bits per heavy atom. The zero-order chi connectivity index (χ0) is 9.68. The zero-order valence-corrected chi connectivity index (χ0v) is 7.58. The fourth-order valence-corrected chi connectivity index (χ4v) is 0.923. The molecular formula is C9H13N3O. The van der Waals surface area contributed by atoms with Gasteiger partial charge in [-0.25, -0.2) is 4.98 Å². The molecule has 0 aliphatic heterocycles. The molecule has 0 atom stereocenters.